The summed E-state index contributed by atoms with van der Waals surface area (Å²) in [5, 5.41) is 7.02. The van der Waals surface area contributed by atoms with Crippen LogP contribution in [0.25, 0.3) is 10.9 Å². The van der Waals surface area contributed by atoms with E-state index in [-0.39, 0.29) is 34.8 Å². The smallest absolute Gasteiger partial charge is 0.301 e. The molecule has 3 aromatic rings. The number of rotatable bonds is 5. The fraction of sp³-hybridized carbons (Fsp3) is 0.481. The Morgan fingerprint density at radius 1 is 1.18 bits per heavy atom. The summed E-state index contributed by atoms with van der Waals surface area (Å²) in [5.74, 6) is -2.63. The number of nitrogens with zero attached hydrogens (tertiary/aromatic N) is 5. The van der Waals surface area contributed by atoms with Crippen LogP contribution in [-0.2, 0) is 11.8 Å². The average Bonchev–Trinajstić information content (AvgIpc) is 3.83. The van der Waals surface area contributed by atoms with Gasteiger partial charge in [-0.1, -0.05) is 11.6 Å². The second-order valence-electron chi connectivity index (χ2n) is 11.0. The summed E-state index contributed by atoms with van der Waals surface area (Å²) in [6.45, 7) is 0.594. The van der Waals surface area contributed by atoms with Crippen LogP contribution in [0.4, 0.5) is 31.9 Å². The van der Waals surface area contributed by atoms with Crippen LogP contribution in [0.3, 0.4) is 0 Å². The van der Waals surface area contributed by atoms with Crippen molar-refractivity contribution in [3.05, 3.63) is 39.8 Å². The highest BCUT2D eigenvalue weighted by molar-refractivity contribution is 6.33. The summed E-state index contributed by atoms with van der Waals surface area (Å²) in [6, 6.07) is 4.50. The molecule has 2 aromatic heterocycles. The Morgan fingerprint density at radius 3 is 2.70 bits per heavy atom. The second kappa shape index (κ2) is 9.18. The van der Waals surface area contributed by atoms with Crippen molar-refractivity contribution in [1.29, 1.82) is 0 Å². The highest BCUT2D eigenvalue weighted by atomic mass is 35.5. The molecular weight excluding hydrogens is 544 g/mol. The fourth-order valence-corrected chi connectivity index (χ4v) is 5.79. The zero-order chi connectivity index (χ0) is 27.8. The molecule has 1 atom stereocenters. The largest absolute Gasteiger partial charge is 0.480 e. The number of aromatic nitrogens is 3. The molecule has 2 N–H and O–H groups in total. The molecule has 2 saturated carbocycles. The van der Waals surface area contributed by atoms with E-state index >= 15 is 0 Å². The van der Waals surface area contributed by atoms with Crippen molar-refractivity contribution in [2.24, 2.45) is 13.0 Å². The van der Waals surface area contributed by atoms with Crippen molar-refractivity contribution < 1.29 is 18.3 Å². The molecule has 0 radical (unpaired) electrons. The number of anilines is 4. The van der Waals surface area contributed by atoms with Crippen molar-refractivity contribution in [2.75, 3.05) is 41.8 Å². The van der Waals surface area contributed by atoms with E-state index in [1.54, 1.807) is 25.2 Å². The molecule has 7 rings (SSSR count). The van der Waals surface area contributed by atoms with Gasteiger partial charge in [0.15, 0.2) is 12.4 Å². The predicted molar refractivity (Wildman–Crippen MR) is 147 cm³/mol. The van der Waals surface area contributed by atoms with Crippen molar-refractivity contribution >= 4 is 51.6 Å². The summed E-state index contributed by atoms with van der Waals surface area (Å²) in [7, 11) is 1.58. The number of carbonyl (C=O) groups excluding carboxylic acids is 1. The van der Waals surface area contributed by atoms with E-state index in [4.69, 9.17) is 16.3 Å². The van der Waals surface area contributed by atoms with Gasteiger partial charge in [-0.2, -0.15) is 4.98 Å². The van der Waals surface area contributed by atoms with Crippen LogP contribution in [0, 0.1) is 5.92 Å². The Kier molecular flexibility index (Phi) is 5.81. The first-order chi connectivity index (χ1) is 19.2. The topological polar surface area (TPSA) is 105 Å². The third-order valence-electron chi connectivity index (χ3n) is 8.13. The van der Waals surface area contributed by atoms with Gasteiger partial charge in [-0.25, -0.2) is 13.8 Å². The monoisotopic (exact) mass is 571 g/mol. The van der Waals surface area contributed by atoms with Gasteiger partial charge in [0.25, 0.3) is 5.56 Å². The normalized spacial score (nSPS) is 22.4. The van der Waals surface area contributed by atoms with Gasteiger partial charge in [-0.15, -0.1) is 0 Å². The maximum atomic E-state index is 14.9. The molecule has 13 heteroatoms. The number of nitrogens with one attached hydrogen (secondary N) is 2. The van der Waals surface area contributed by atoms with E-state index in [2.05, 4.69) is 20.6 Å². The molecule has 3 fully saturated rings. The number of halogens is 3. The molecule has 10 nitrogen and oxygen atoms in total. The molecule has 1 aromatic carbocycles. The van der Waals surface area contributed by atoms with Gasteiger partial charge >= 0.3 is 5.92 Å². The van der Waals surface area contributed by atoms with Crippen molar-refractivity contribution in [3.63, 3.8) is 0 Å². The quantitative estimate of drug-likeness (QED) is 0.477. The maximum Gasteiger partial charge on any atom is 0.301 e. The molecular formula is C27H28ClF2N7O3. The third kappa shape index (κ3) is 4.38. The number of piperazine rings is 1. The van der Waals surface area contributed by atoms with Crippen LogP contribution in [0.15, 0.2) is 29.2 Å². The Morgan fingerprint density at radius 2 is 1.98 bits per heavy atom. The first-order valence-corrected chi connectivity index (χ1v) is 13.9. The standard InChI is InChI=1S/C27H28ClF2N7O3/c1-35-19-7-4-15(10-17(19)21-22(25(35)39)40-13-27(29,30)23(33-21)14-2-3-14)32-24-18(28)11-31-26(34-24)36-8-9-37(16-5-6-16)20(38)12-36/h4,7,10-11,14,16,23,33H,2-3,5-6,8-9,12-13H2,1H3,(H,31,32,34)/t23-/m0/s1. The van der Waals surface area contributed by atoms with E-state index in [0.29, 0.717) is 60.3 Å². The zero-order valence-electron chi connectivity index (χ0n) is 21.8. The highest BCUT2D eigenvalue weighted by Crippen LogP contribution is 2.45. The van der Waals surface area contributed by atoms with Crippen LogP contribution in [0.5, 0.6) is 5.75 Å². The lowest BCUT2D eigenvalue weighted by atomic mass is 10.0. The Labute approximate surface area is 233 Å². The van der Waals surface area contributed by atoms with E-state index in [0.717, 1.165) is 12.8 Å². The second-order valence-corrected chi connectivity index (χ2v) is 11.4. The van der Waals surface area contributed by atoms with E-state index in [1.807, 2.05) is 9.80 Å². The zero-order valence-corrected chi connectivity index (χ0v) is 22.5. The average molecular weight is 572 g/mol. The Balaban J connectivity index is 1.22. The van der Waals surface area contributed by atoms with Crippen LogP contribution < -0.4 is 25.8 Å². The van der Waals surface area contributed by atoms with Gasteiger partial charge in [0, 0.05) is 37.3 Å². The summed E-state index contributed by atoms with van der Waals surface area (Å²) < 4.78 is 36.7. The number of pyridine rings is 1. The minimum absolute atomic E-state index is 0.0624. The molecule has 2 aliphatic heterocycles. The molecule has 0 unspecified atom stereocenters. The number of ether oxygens (including phenoxy) is 1. The maximum absolute atomic E-state index is 14.9. The summed E-state index contributed by atoms with van der Waals surface area (Å²) in [4.78, 5) is 38.4. The Hall–Kier alpha value is -3.67. The molecule has 0 bridgehead atoms. The number of alkyl halides is 2. The summed E-state index contributed by atoms with van der Waals surface area (Å²) >= 11 is 6.44. The lowest BCUT2D eigenvalue weighted by Gasteiger charge is -2.34. The van der Waals surface area contributed by atoms with E-state index in [9.17, 15) is 18.4 Å². The fourth-order valence-electron chi connectivity index (χ4n) is 5.65. The van der Waals surface area contributed by atoms with Crippen molar-refractivity contribution in [1.82, 2.24) is 19.4 Å². The van der Waals surface area contributed by atoms with Gasteiger partial charge in [-0.3, -0.25) is 9.59 Å². The number of fused-ring (bicyclic) bond motifs is 3. The van der Waals surface area contributed by atoms with Gasteiger partial charge in [0.2, 0.25) is 17.6 Å². The first-order valence-electron chi connectivity index (χ1n) is 13.5. The SMILES string of the molecule is Cn1c(=O)c2c(c3cc(Nc4nc(N5CCN(C6CC6)C(=O)C5)ncc4Cl)ccc31)N[C@@H](C1CC1)C(F)(F)CO2. The molecule has 4 heterocycles. The Bertz CT molecular complexity index is 1590. The minimum Gasteiger partial charge on any atom is -0.480 e. The molecule has 4 aliphatic rings. The number of hydrogen-bond donors (Lipinski definition) is 2. The van der Waals surface area contributed by atoms with Crippen LogP contribution in [-0.4, -0.2) is 69.6 Å². The lowest BCUT2D eigenvalue weighted by molar-refractivity contribution is -0.131. The number of hydrogen-bond acceptors (Lipinski definition) is 8. The van der Waals surface area contributed by atoms with Gasteiger partial charge in [0.05, 0.1) is 23.4 Å². The molecule has 1 saturated heterocycles. The van der Waals surface area contributed by atoms with E-state index in [1.165, 1.54) is 10.8 Å². The number of carbonyl (C=O) groups is 1. The van der Waals surface area contributed by atoms with Crippen LogP contribution in [0.2, 0.25) is 5.02 Å². The van der Waals surface area contributed by atoms with Gasteiger partial charge < -0.3 is 29.7 Å². The van der Waals surface area contributed by atoms with Crippen molar-refractivity contribution in [3.8, 4) is 5.75 Å². The van der Waals surface area contributed by atoms with Gasteiger partial charge in [-0.05, 0) is 49.8 Å². The lowest BCUT2D eigenvalue weighted by Crippen LogP contribution is -2.51. The molecule has 0 spiro atoms. The molecule has 1 amide bonds. The third-order valence-corrected chi connectivity index (χ3v) is 8.41. The summed E-state index contributed by atoms with van der Waals surface area (Å²) in [5.41, 5.74) is 0.919. The van der Waals surface area contributed by atoms with Gasteiger partial charge in [0.1, 0.15) is 11.6 Å². The highest BCUT2D eigenvalue weighted by Gasteiger charge is 2.51. The number of benzene rings is 1. The molecule has 40 heavy (non-hydrogen) atoms. The van der Waals surface area contributed by atoms with Crippen molar-refractivity contribution in [2.45, 2.75) is 43.7 Å². The molecule has 2 aliphatic carbocycles. The number of aryl methyl sites for hydroxylation is 1. The van der Waals surface area contributed by atoms with Crippen LogP contribution in [0.1, 0.15) is 25.7 Å². The summed E-state index contributed by atoms with van der Waals surface area (Å²) in [6.07, 6.45) is 5.01. The first kappa shape index (κ1) is 25.3. The number of amides is 1. The predicted octanol–water partition coefficient (Wildman–Crippen LogP) is 3.75. The minimum atomic E-state index is -3.12. The van der Waals surface area contributed by atoms with Crippen LogP contribution >= 0.6 is 11.6 Å². The van der Waals surface area contributed by atoms with E-state index < -0.39 is 24.1 Å². The molecule has 210 valence electrons.